The number of rotatable bonds is 6. The maximum Gasteiger partial charge on any atom is 0.410 e. The number of phenols is 1. The van der Waals surface area contributed by atoms with Crippen LogP contribution in [0.15, 0.2) is 35.3 Å². The second-order valence-electron chi connectivity index (χ2n) is 12.0. The predicted molar refractivity (Wildman–Crippen MR) is 167 cm³/mol. The Morgan fingerprint density at radius 2 is 1.77 bits per heavy atom. The molecule has 0 unspecified atom stereocenters. The molecule has 3 aromatic heterocycles. The lowest BCUT2D eigenvalue weighted by atomic mass is 10.1. The van der Waals surface area contributed by atoms with Crippen molar-refractivity contribution >= 4 is 34.5 Å². The third kappa shape index (κ3) is 6.49. The SMILES string of the molecule is C[C@@H]1CN(c2nc(=O)n(-c3c(OCCO)ccnc3Cl)c3nc(-c4c(F)ccc(F)c4O)c(F)cc23)[C@@H](C)CN1C(=O)OC(C)(C)C. The lowest BCUT2D eigenvalue weighted by molar-refractivity contribution is 0.0130. The van der Waals surface area contributed by atoms with Gasteiger partial charge in [0.1, 0.15) is 41.0 Å². The van der Waals surface area contributed by atoms with Gasteiger partial charge in [0.25, 0.3) is 0 Å². The standard InChI is InChI=1S/C31H32ClF3N6O6/c1-15-14-40(30(45)47-31(3,4)5)16(2)13-39(15)27-17-12-20(35)23(22-18(33)6-7-19(34)25(22)43)37-28(17)41(29(44)38-27)24-21(46-11-10-42)8-9-36-26(24)32/h6-9,12,15-16,42-43H,10-11,13-14H2,1-5H3/t15-,16+/m0/s1. The topological polar surface area (TPSA) is 143 Å². The van der Waals surface area contributed by atoms with E-state index >= 15 is 4.39 Å². The number of phenolic OH excluding ortho intramolecular Hbond substituents is 1. The van der Waals surface area contributed by atoms with Crippen LogP contribution in [-0.2, 0) is 4.74 Å². The summed E-state index contributed by atoms with van der Waals surface area (Å²) in [6, 6.07) is 2.77. The van der Waals surface area contributed by atoms with Crippen LogP contribution in [-0.4, -0.2) is 84.7 Å². The van der Waals surface area contributed by atoms with E-state index in [1.807, 2.05) is 0 Å². The van der Waals surface area contributed by atoms with Crippen molar-refractivity contribution < 1.29 is 37.7 Å². The van der Waals surface area contributed by atoms with E-state index in [4.69, 9.17) is 21.1 Å². The number of aromatic hydroxyl groups is 1. The van der Waals surface area contributed by atoms with Gasteiger partial charge in [-0.1, -0.05) is 11.6 Å². The van der Waals surface area contributed by atoms with Gasteiger partial charge in [0.2, 0.25) is 0 Å². The molecule has 2 atom stereocenters. The molecule has 0 aliphatic carbocycles. The molecule has 16 heteroatoms. The summed E-state index contributed by atoms with van der Waals surface area (Å²) in [7, 11) is 0. The Bertz CT molecular complexity index is 1920. The van der Waals surface area contributed by atoms with Gasteiger partial charge in [0, 0.05) is 37.4 Å². The number of aromatic nitrogens is 4. The Morgan fingerprint density at radius 1 is 1.06 bits per heavy atom. The largest absolute Gasteiger partial charge is 0.504 e. The number of carbonyl (C=O) groups excluding carboxylic acids is 1. The summed E-state index contributed by atoms with van der Waals surface area (Å²) in [5, 5.41) is 19.4. The molecule has 47 heavy (non-hydrogen) atoms. The highest BCUT2D eigenvalue weighted by atomic mass is 35.5. The van der Waals surface area contributed by atoms with Crippen LogP contribution < -0.4 is 15.3 Å². The summed E-state index contributed by atoms with van der Waals surface area (Å²) in [6.07, 6.45) is 0.764. The first-order chi connectivity index (χ1) is 22.1. The number of fused-ring (bicyclic) bond motifs is 1. The Morgan fingerprint density at radius 3 is 2.45 bits per heavy atom. The van der Waals surface area contributed by atoms with E-state index in [1.165, 1.54) is 12.3 Å². The minimum Gasteiger partial charge on any atom is -0.504 e. The fourth-order valence-electron chi connectivity index (χ4n) is 5.35. The zero-order chi connectivity index (χ0) is 34.4. The minimum atomic E-state index is -1.23. The summed E-state index contributed by atoms with van der Waals surface area (Å²) in [4.78, 5) is 42.7. The van der Waals surface area contributed by atoms with Crippen molar-refractivity contribution in [3.05, 3.63) is 63.6 Å². The van der Waals surface area contributed by atoms with Crippen LogP contribution in [0.5, 0.6) is 11.5 Å². The smallest absolute Gasteiger partial charge is 0.410 e. The number of carbonyl (C=O) groups is 1. The van der Waals surface area contributed by atoms with Crippen molar-refractivity contribution in [3.63, 3.8) is 0 Å². The zero-order valence-corrected chi connectivity index (χ0v) is 26.8. The lowest BCUT2D eigenvalue weighted by Gasteiger charge is -2.44. The number of aliphatic hydroxyl groups excluding tert-OH is 1. The number of anilines is 1. The zero-order valence-electron chi connectivity index (χ0n) is 26.1. The van der Waals surface area contributed by atoms with Crippen LogP contribution in [0.2, 0.25) is 5.15 Å². The van der Waals surface area contributed by atoms with E-state index in [0.29, 0.717) is 12.1 Å². The molecule has 1 aliphatic heterocycles. The molecule has 2 N–H and O–H groups in total. The minimum absolute atomic E-state index is 0.0100. The Kier molecular flexibility index (Phi) is 9.24. The summed E-state index contributed by atoms with van der Waals surface area (Å²) >= 11 is 6.44. The van der Waals surface area contributed by atoms with Gasteiger partial charge in [-0.2, -0.15) is 4.98 Å². The third-order valence-electron chi connectivity index (χ3n) is 7.42. The number of nitrogens with zero attached hydrogens (tertiary/aromatic N) is 6. The highest BCUT2D eigenvalue weighted by Crippen LogP contribution is 2.39. The molecule has 1 fully saturated rings. The molecule has 0 spiro atoms. The van der Waals surface area contributed by atoms with E-state index in [0.717, 1.165) is 10.6 Å². The maximum absolute atomic E-state index is 15.9. The quantitative estimate of drug-likeness (QED) is 0.273. The molecule has 0 saturated carbocycles. The number of piperazine rings is 1. The van der Waals surface area contributed by atoms with E-state index in [1.54, 1.807) is 44.4 Å². The van der Waals surface area contributed by atoms with Crippen molar-refractivity contribution in [2.24, 2.45) is 0 Å². The molecule has 4 heterocycles. The molecule has 12 nitrogen and oxygen atoms in total. The van der Waals surface area contributed by atoms with Gasteiger partial charge in [0.15, 0.2) is 28.2 Å². The second kappa shape index (κ2) is 12.9. The summed E-state index contributed by atoms with van der Waals surface area (Å²) in [6.45, 7) is 8.53. The maximum atomic E-state index is 15.9. The second-order valence-corrected chi connectivity index (χ2v) is 12.4. The number of ether oxygens (including phenoxy) is 2. The number of hydrogen-bond acceptors (Lipinski definition) is 10. The number of aliphatic hydroxyl groups is 1. The Hall–Kier alpha value is -4.63. The Balaban J connectivity index is 1.76. The molecular weight excluding hydrogens is 645 g/mol. The third-order valence-corrected chi connectivity index (χ3v) is 7.69. The first-order valence-electron chi connectivity index (χ1n) is 14.6. The number of halogens is 4. The molecule has 1 saturated heterocycles. The van der Waals surface area contributed by atoms with Crippen molar-refractivity contribution in [2.75, 3.05) is 31.2 Å². The number of hydrogen-bond donors (Lipinski definition) is 2. The fourth-order valence-corrected chi connectivity index (χ4v) is 5.59. The van der Waals surface area contributed by atoms with Crippen LogP contribution >= 0.6 is 11.6 Å². The van der Waals surface area contributed by atoms with E-state index < -0.39 is 63.9 Å². The van der Waals surface area contributed by atoms with E-state index in [2.05, 4.69) is 15.0 Å². The highest BCUT2D eigenvalue weighted by molar-refractivity contribution is 6.31. The van der Waals surface area contributed by atoms with E-state index in [-0.39, 0.29) is 59.7 Å². The number of benzene rings is 1. The molecule has 0 bridgehead atoms. The van der Waals surface area contributed by atoms with Crippen LogP contribution in [0, 0.1) is 17.5 Å². The van der Waals surface area contributed by atoms with Gasteiger partial charge in [-0.05, 0) is 52.8 Å². The van der Waals surface area contributed by atoms with Crippen molar-refractivity contribution in [2.45, 2.75) is 52.3 Å². The van der Waals surface area contributed by atoms with Gasteiger partial charge in [0.05, 0.1) is 17.6 Å². The fraction of sp³-hybridized carbons (Fsp3) is 0.387. The first kappa shape index (κ1) is 33.7. The molecule has 1 amide bonds. The van der Waals surface area contributed by atoms with Gasteiger partial charge >= 0.3 is 11.8 Å². The molecule has 4 aromatic rings. The summed E-state index contributed by atoms with van der Waals surface area (Å²) in [5.41, 5.74) is -3.85. The first-order valence-corrected chi connectivity index (χ1v) is 15.0. The number of pyridine rings is 2. The normalized spacial score (nSPS) is 16.9. The van der Waals surface area contributed by atoms with Crippen molar-refractivity contribution in [1.29, 1.82) is 0 Å². The highest BCUT2D eigenvalue weighted by Gasteiger charge is 2.37. The summed E-state index contributed by atoms with van der Waals surface area (Å²) < 4.78 is 57.3. The molecule has 0 radical (unpaired) electrons. The van der Waals surface area contributed by atoms with Crippen LogP contribution in [0.3, 0.4) is 0 Å². The van der Waals surface area contributed by atoms with Crippen molar-refractivity contribution in [1.82, 2.24) is 24.4 Å². The molecule has 1 aromatic carbocycles. The van der Waals surface area contributed by atoms with Gasteiger partial charge in [-0.3, -0.25) is 0 Å². The Labute approximate surface area is 272 Å². The average Bonchev–Trinajstić information content (AvgIpc) is 2.99. The molecule has 250 valence electrons. The molecule has 5 rings (SSSR count). The average molecular weight is 677 g/mol. The van der Waals surface area contributed by atoms with Gasteiger partial charge in [-0.25, -0.2) is 37.3 Å². The number of amides is 1. The van der Waals surface area contributed by atoms with Gasteiger partial charge in [-0.15, -0.1) is 0 Å². The monoisotopic (exact) mass is 676 g/mol. The van der Waals surface area contributed by atoms with Crippen molar-refractivity contribution in [3.8, 4) is 28.4 Å². The van der Waals surface area contributed by atoms with Crippen LogP contribution in [0.4, 0.5) is 23.8 Å². The van der Waals surface area contributed by atoms with E-state index in [9.17, 15) is 28.6 Å². The van der Waals surface area contributed by atoms with Gasteiger partial charge < -0.3 is 29.5 Å². The summed E-state index contributed by atoms with van der Waals surface area (Å²) in [5.74, 6) is -4.78. The molecule has 1 aliphatic rings. The molecular formula is C31H32ClF3N6O6. The lowest BCUT2D eigenvalue weighted by Crippen LogP contribution is -2.59. The van der Waals surface area contributed by atoms with Crippen LogP contribution in [0.1, 0.15) is 34.6 Å². The predicted octanol–water partition coefficient (Wildman–Crippen LogP) is 4.82. The van der Waals surface area contributed by atoms with Crippen LogP contribution in [0.25, 0.3) is 28.0 Å².